The second kappa shape index (κ2) is 5.71. The van der Waals surface area contributed by atoms with Crippen molar-refractivity contribution in [3.63, 3.8) is 0 Å². The topological polar surface area (TPSA) is 25.2 Å². The molecule has 0 radical (unpaired) electrons. The van der Waals surface area contributed by atoms with Gasteiger partial charge in [-0.25, -0.2) is 0 Å². The Balaban J connectivity index is 0.00000144. The minimum absolute atomic E-state index is 0. The van der Waals surface area contributed by atoms with Gasteiger partial charge in [-0.2, -0.15) is 0 Å². The lowest BCUT2D eigenvalue weighted by molar-refractivity contribution is 0.0676. The molecule has 2 aliphatic rings. The van der Waals surface area contributed by atoms with Crippen LogP contribution in [0, 0.1) is 5.92 Å². The van der Waals surface area contributed by atoms with Crippen LogP contribution in [0.4, 0.5) is 0 Å². The maximum Gasteiger partial charge on any atom is 0.231 e. The number of aromatic nitrogens is 1. The van der Waals surface area contributed by atoms with Crippen molar-refractivity contribution in [1.29, 1.82) is 0 Å². The zero-order valence-electron chi connectivity index (χ0n) is 13.2. The molecule has 2 aromatic rings. The van der Waals surface area contributed by atoms with Crippen LogP contribution in [-0.4, -0.2) is 28.5 Å². The first-order valence-electron chi connectivity index (χ1n) is 8.15. The van der Waals surface area contributed by atoms with Crippen molar-refractivity contribution in [1.82, 2.24) is 9.47 Å². The van der Waals surface area contributed by atoms with Crippen LogP contribution in [0.2, 0.25) is 0 Å². The predicted molar refractivity (Wildman–Crippen MR) is 91.9 cm³/mol. The van der Waals surface area contributed by atoms with E-state index in [0.29, 0.717) is 18.4 Å². The molecule has 0 fully saturated rings. The van der Waals surface area contributed by atoms with E-state index in [1.807, 2.05) is 10.6 Å². The van der Waals surface area contributed by atoms with E-state index in [0.717, 1.165) is 31.4 Å². The van der Waals surface area contributed by atoms with Crippen molar-refractivity contribution in [3.05, 3.63) is 35.5 Å². The third-order valence-electron chi connectivity index (χ3n) is 5.41. The standard InChI is InChI=1S/C18H22N2O.ClH/c1-3-12-11-16(21)20-15-8-6-5-7-13(15)14-9-10-19(4-2)17(12)18(14)20;/h5-8,12,17H,3-4,9-11H2,1-2H3;1H. The SMILES string of the molecule is CCC1CC(=O)n2c3c(c4ccccc42)CCN(CC)C31.Cl. The van der Waals surface area contributed by atoms with Crippen molar-refractivity contribution in [2.45, 2.75) is 39.2 Å². The molecule has 1 aromatic heterocycles. The number of benzene rings is 1. The summed E-state index contributed by atoms with van der Waals surface area (Å²) in [6.07, 6.45) is 2.83. The number of hydrogen-bond acceptors (Lipinski definition) is 2. The highest BCUT2D eigenvalue weighted by atomic mass is 35.5. The highest BCUT2D eigenvalue weighted by Gasteiger charge is 2.41. The molecule has 0 spiro atoms. The summed E-state index contributed by atoms with van der Waals surface area (Å²) in [5, 5.41) is 1.29. The highest BCUT2D eigenvalue weighted by Crippen LogP contribution is 2.45. The summed E-state index contributed by atoms with van der Waals surface area (Å²) >= 11 is 0. The smallest absolute Gasteiger partial charge is 0.231 e. The van der Waals surface area contributed by atoms with Gasteiger partial charge in [0.2, 0.25) is 5.91 Å². The second-order valence-corrected chi connectivity index (χ2v) is 6.31. The van der Waals surface area contributed by atoms with Crippen LogP contribution in [-0.2, 0) is 6.42 Å². The maximum atomic E-state index is 12.7. The number of fused-ring (bicyclic) bond motifs is 3. The third kappa shape index (κ3) is 1.95. The summed E-state index contributed by atoms with van der Waals surface area (Å²) in [7, 11) is 0. The molecule has 4 heteroatoms. The number of rotatable bonds is 2. The Morgan fingerprint density at radius 2 is 2.00 bits per heavy atom. The summed E-state index contributed by atoms with van der Waals surface area (Å²) in [5.74, 6) is 0.752. The first kappa shape index (κ1) is 15.6. The highest BCUT2D eigenvalue weighted by molar-refractivity contribution is 5.97. The molecule has 2 atom stereocenters. The summed E-state index contributed by atoms with van der Waals surface area (Å²) in [5.41, 5.74) is 3.84. The lowest BCUT2D eigenvalue weighted by atomic mass is 9.82. The largest absolute Gasteiger partial charge is 0.294 e. The summed E-state index contributed by atoms with van der Waals surface area (Å²) in [6.45, 7) is 6.64. The molecule has 3 nitrogen and oxygen atoms in total. The van der Waals surface area contributed by atoms with Crippen molar-refractivity contribution in [2.24, 2.45) is 5.92 Å². The summed E-state index contributed by atoms with van der Waals surface area (Å²) < 4.78 is 2.03. The molecule has 4 rings (SSSR count). The molecule has 118 valence electrons. The van der Waals surface area contributed by atoms with Gasteiger partial charge >= 0.3 is 0 Å². The minimum Gasteiger partial charge on any atom is -0.294 e. The molecule has 22 heavy (non-hydrogen) atoms. The molecular weight excluding hydrogens is 296 g/mol. The molecule has 1 aromatic carbocycles. The predicted octanol–water partition coefficient (Wildman–Crippen LogP) is 4.05. The van der Waals surface area contributed by atoms with Crippen molar-refractivity contribution in [2.75, 3.05) is 13.1 Å². The van der Waals surface area contributed by atoms with Crippen LogP contribution < -0.4 is 0 Å². The number of carbonyl (C=O) groups is 1. The fourth-order valence-corrected chi connectivity index (χ4v) is 4.41. The van der Waals surface area contributed by atoms with Gasteiger partial charge in [-0.05, 0) is 30.5 Å². The van der Waals surface area contributed by atoms with Crippen molar-refractivity contribution in [3.8, 4) is 0 Å². The van der Waals surface area contributed by atoms with E-state index in [9.17, 15) is 4.79 Å². The van der Waals surface area contributed by atoms with Gasteiger partial charge in [-0.3, -0.25) is 14.3 Å². The van der Waals surface area contributed by atoms with E-state index < -0.39 is 0 Å². The molecule has 0 saturated heterocycles. The molecule has 0 saturated carbocycles. The monoisotopic (exact) mass is 318 g/mol. The van der Waals surface area contributed by atoms with Crippen LogP contribution in [0.1, 0.15) is 48.8 Å². The lowest BCUT2D eigenvalue weighted by Crippen LogP contribution is -2.44. The Morgan fingerprint density at radius 1 is 1.23 bits per heavy atom. The van der Waals surface area contributed by atoms with Crippen LogP contribution in [0.3, 0.4) is 0 Å². The molecule has 2 aliphatic heterocycles. The van der Waals surface area contributed by atoms with E-state index in [2.05, 4.69) is 36.9 Å². The number of nitrogens with zero attached hydrogens (tertiary/aromatic N) is 2. The van der Waals surface area contributed by atoms with Crippen LogP contribution in [0.5, 0.6) is 0 Å². The van der Waals surface area contributed by atoms with Gasteiger partial charge < -0.3 is 0 Å². The normalized spacial score (nSPS) is 24.2. The van der Waals surface area contributed by atoms with Crippen molar-refractivity contribution >= 4 is 29.2 Å². The van der Waals surface area contributed by atoms with E-state index in [4.69, 9.17) is 0 Å². The molecule has 0 amide bonds. The average Bonchev–Trinajstić information content (AvgIpc) is 2.86. The zero-order valence-corrected chi connectivity index (χ0v) is 14.0. The Kier molecular flexibility index (Phi) is 4.04. The Hall–Kier alpha value is -1.32. The maximum absolute atomic E-state index is 12.7. The fourth-order valence-electron chi connectivity index (χ4n) is 4.41. The zero-order chi connectivity index (χ0) is 14.6. The van der Waals surface area contributed by atoms with Crippen LogP contribution >= 0.6 is 12.4 Å². The van der Waals surface area contributed by atoms with Gasteiger partial charge in [-0.15, -0.1) is 12.4 Å². The first-order chi connectivity index (χ1) is 10.3. The Labute approximate surface area is 137 Å². The Bertz CT molecular complexity index is 721. The Morgan fingerprint density at radius 3 is 2.73 bits per heavy atom. The van der Waals surface area contributed by atoms with Gasteiger partial charge in [0.1, 0.15) is 0 Å². The molecule has 0 bridgehead atoms. The number of hydrogen-bond donors (Lipinski definition) is 0. The molecule has 3 heterocycles. The van der Waals surface area contributed by atoms with E-state index in [-0.39, 0.29) is 18.3 Å². The summed E-state index contributed by atoms with van der Waals surface area (Å²) in [4.78, 5) is 15.3. The average molecular weight is 319 g/mol. The second-order valence-electron chi connectivity index (χ2n) is 6.31. The van der Waals surface area contributed by atoms with Gasteiger partial charge in [0.05, 0.1) is 11.6 Å². The number of halogens is 1. The molecule has 0 N–H and O–H groups in total. The number of carbonyl (C=O) groups excluding carboxylic acids is 1. The van der Waals surface area contributed by atoms with Gasteiger partial charge in [0, 0.05) is 24.0 Å². The molecular formula is C18H23ClN2O. The fraction of sp³-hybridized carbons (Fsp3) is 0.500. The van der Waals surface area contributed by atoms with Crippen LogP contribution in [0.25, 0.3) is 10.9 Å². The summed E-state index contributed by atoms with van der Waals surface area (Å²) in [6, 6.07) is 8.85. The van der Waals surface area contributed by atoms with Gasteiger partial charge in [-0.1, -0.05) is 38.5 Å². The quantitative estimate of drug-likeness (QED) is 0.834. The minimum atomic E-state index is 0. The number of para-hydroxylation sites is 1. The van der Waals surface area contributed by atoms with Gasteiger partial charge in [0.25, 0.3) is 0 Å². The van der Waals surface area contributed by atoms with Crippen LogP contribution in [0.15, 0.2) is 24.3 Å². The van der Waals surface area contributed by atoms with Gasteiger partial charge in [0.15, 0.2) is 0 Å². The third-order valence-corrected chi connectivity index (χ3v) is 5.41. The van der Waals surface area contributed by atoms with E-state index in [1.165, 1.54) is 16.6 Å². The first-order valence-corrected chi connectivity index (χ1v) is 8.15. The lowest BCUT2D eigenvalue weighted by Gasteiger charge is -2.43. The molecule has 0 aliphatic carbocycles. The van der Waals surface area contributed by atoms with Crippen molar-refractivity contribution < 1.29 is 4.79 Å². The number of likely N-dealkylation sites (N-methyl/N-ethyl adjacent to an activating group) is 1. The van der Waals surface area contributed by atoms with E-state index in [1.54, 1.807) is 0 Å². The van der Waals surface area contributed by atoms with E-state index >= 15 is 0 Å². The molecule has 2 unspecified atom stereocenters.